The van der Waals surface area contributed by atoms with Crippen LogP contribution >= 0.6 is 23.2 Å². The third kappa shape index (κ3) is 3.85. The molecule has 0 aliphatic carbocycles. The second-order valence-corrected chi connectivity index (χ2v) is 7.27. The maximum absolute atomic E-state index is 6.09. The van der Waals surface area contributed by atoms with Crippen LogP contribution in [0.25, 0.3) is 33.4 Å². The van der Waals surface area contributed by atoms with E-state index in [0.29, 0.717) is 11.8 Å². The number of alkyl halides is 2. The summed E-state index contributed by atoms with van der Waals surface area (Å²) in [5, 5.41) is 0. The third-order valence-corrected chi connectivity index (χ3v) is 5.62. The first-order chi connectivity index (χ1) is 13.8. The van der Waals surface area contributed by atoms with Crippen molar-refractivity contribution in [2.24, 2.45) is 0 Å². The molecule has 0 spiro atoms. The minimum atomic E-state index is 0.517. The lowest BCUT2D eigenvalue weighted by atomic mass is 9.95. The van der Waals surface area contributed by atoms with Crippen LogP contribution in [-0.2, 0) is 11.8 Å². The molecule has 0 bridgehead atoms. The zero-order chi connectivity index (χ0) is 19.3. The smallest absolute Gasteiger partial charge is 0.0480 e. The van der Waals surface area contributed by atoms with Crippen LogP contribution in [0.1, 0.15) is 11.1 Å². The van der Waals surface area contributed by atoms with E-state index in [1.54, 1.807) is 0 Å². The monoisotopic (exact) mass is 402 g/mol. The molecule has 0 amide bonds. The van der Waals surface area contributed by atoms with Crippen LogP contribution in [0.4, 0.5) is 0 Å². The molecular weight excluding hydrogens is 383 g/mol. The molecule has 0 heterocycles. The Morgan fingerprint density at radius 2 is 0.714 bits per heavy atom. The first-order valence-electron chi connectivity index (χ1n) is 9.29. The van der Waals surface area contributed by atoms with Crippen molar-refractivity contribution in [2.75, 3.05) is 0 Å². The molecule has 2 heteroatoms. The second-order valence-electron chi connectivity index (χ2n) is 6.74. The Kier molecular flexibility index (Phi) is 5.81. The van der Waals surface area contributed by atoms with Crippen LogP contribution in [0, 0.1) is 0 Å². The maximum Gasteiger partial charge on any atom is 0.0480 e. The number of rotatable bonds is 5. The van der Waals surface area contributed by atoms with Gasteiger partial charge in [-0.2, -0.15) is 0 Å². The van der Waals surface area contributed by atoms with Gasteiger partial charge >= 0.3 is 0 Å². The summed E-state index contributed by atoms with van der Waals surface area (Å²) in [4.78, 5) is 0. The Balaban J connectivity index is 1.62. The summed E-state index contributed by atoms with van der Waals surface area (Å²) in [6, 6.07) is 33.9. The van der Waals surface area contributed by atoms with Crippen molar-refractivity contribution in [1.29, 1.82) is 0 Å². The van der Waals surface area contributed by atoms with E-state index in [0.717, 1.165) is 11.1 Å². The number of benzene rings is 4. The molecule has 4 aromatic rings. The fraction of sp³-hybridized carbons (Fsp3) is 0.0769. The molecule has 0 aliphatic rings. The molecule has 0 saturated carbocycles. The van der Waals surface area contributed by atoms with Crippen molar-refractivity contribution in [3.63, 3.8) is 0 Å². The molecule has 138 valence electrons. The Labute approximate surface area is 176 Å². The quantitative estimate of drug-likeness (QED) is 0.295. The van der Waals surface area contributed by atoms with E-state index >= 15 is 0 Å². The Morgan fingerprint density at radius 3 is 1.07 bits per heavy atom. The second kappa shape index (κ2) is 8.65. The summed E-state index contributed by atoms with van der Waals surface area (Å²) >= 11 is 12.2. The zero-order valence-corrected chi connectivity index (χ0v) is 16.9. The van der Waals surface area contributed by atoms with Crippen molar-refractivity contribution < 1.29 is 0 Å². The highest BCUT2D eigenvalue weighted by atomic mass is 35.5. The van der Waals surface area contributed by atoms with E-state index < -0.39 is 0 Å². The van der Waals surface area contributed by atoms with Crippen LogP contribution in [0.2, 0.25) is 0 Å². The zero-order valence-electron chi connectivity index (χ0n) is 15.4. The molecule has 0 nitrogen and oxygen atoms in total. The molecule has 28 heavy (non-hydrogen) atoms. The van der Waals surface area contributed by atoms with Crippen LogP contribution in [0.3, 0.4) is 0 Å². The summed E-state index contributed by atoms with van der Waals surface area (Å²) in [6.07, 6.45) is 0. The van der Waals surface area contributed by atoms with Crippen LogP contribution in [-0.4, -0.2) is 0 Å². The molecule has 0 atom stereocenters. The van der Waals surface area contributed by atoms with Gasteiger partial charge < -0.3 is 0 Å². The Hall–Kier alpha value is -2.54. The average Bonchev–Trinajstić information content (AvgIpc) is 2.79. The van der Waals surface area contributed by atoms with E-state index in [1.807, 2.05) is 12.1 Å². The highest BCUT2D eigenvalue weighted by molar-refractivity contribution is 6.17. The topological polar surface area (TPSA) is 0 Å². The van der Waals surface area contributed by atoms with Crippen molar-refractivity contribution in [3.8, 4) is 33.4 Å². The van der Waals surface area contributed by atoms with E-state index in [9.17, 15) is 0 Å². The molecule has 0 fully saturated rings. The predicted molar refractivity (Wildman–Crippen MR) is 122 cm³/mol. The van der Waals surface area contributed by atoms with Gasteiger partial charge in [0, 0.05) is 11.8 Å². The van der Waals surface area contributed by atoms with Gasteiger partial charge in [-0.05, 0) is 44.5 Å². The fourth-order valence-corrected chi connectivity index (χ4v) is 3.99. The van der Waals surface area contributed by atoms with Crippen LogP contribution in [0.5, 0.6) is 0 Å². The van der Waals surface area contributed by atoms with E-state index in [2.05, 4.69) is 84.9 Å². The number of hydrogen-bond donors (Lipinski definition) is 0. The normalized spacial score (nSPS) is 10.8. The highest BCUT2D eigenvalue weighted by Gasteiger charge is 2.06. The predicted octanol–water partition coefficient (Wildman–Crippen LogP) is 8.17. The molecule has 0 N–H and O–H groups in total. The van der Waals surface area contributed by atoms with E-state index in [1.165, 1.54) is 33.4 Å². The van der Waals surface area contributed by atoms with Gasteiger partial charge in [-0.15, -0.1) is 23.2 Å². The summed E-state index contributed by atoms with van der Waals surface area (Å²) in [5.74, 6) is 1.03. The lowest BCUT2D eigenvalue weighted by Gasteiger charge is -2.10. The van der Waals surface area contributed by atoms with Gasteiger partial charge in [0.1, 0.15) is 0 Å². The van der Waals surface area contributed by atoms with Gasteiger partial charge in [-0.25, -0.2) is 0 Å². The molecular formula is C26H20Cl2. The molecule has 4 rings (SSSR count). The molecule has 0 saturated heterocycles. The van der Waals surface area contributed by atoms with Crippen molar-refractivity contribution in [2.45, 2.75) is 11.8 Å². The summed E-state index contributed by atoms with van der Waals surface area (Å²) in [6.45, 7) is 0. The van der Waals surface area contributed by atoms with Gasteiger partial charge in [0.15, 0.2) is 0 Å². The summed E-state index contributed by atoms with van der Waals surface area (Å²) in [7, 11) is 0. The van der Waals surface area contributed by atoms with Crippen molar-refractivity contribution >= 4 is 23.2 Å². The standard InChI is InChI=1S/C26H20Cl2/c27-17-23-5-1-3-7-25(23)21-13-9-19(10-14-21)20-11-15-22(16-12-20)26-8-4-2-6-24(26)18-28/h1-16H,17-18H2. The van der Waals surface area contributed by atoms with Gasteiger partial charge in [0.05, 0.1) is 0 Å². The van der Waals surface area contributed by atoms with Gasteiger partial charge in [-0.1, -0.05) is 97.1 Å². The maximum atomic E-state index is 6.09. The largest absolute Gasteiger partial charge is 0.122 e. The molecule has 0 aromatic heterocycles. The van der Waals surface area contributed by atoms with Crippen LogP contribution < -0.4 is 0 Å². The average molecular weight is 403 g/mol. The molecule has 0 radical (unpaired) electrons. The SMILES string of the molecule is ClCc1ccccc1-c1ccc(-c2ccc(-c3ccccc3CCl)cc2)cc1. The van der Waals surface area contributed by atoms with Gasteiger partial charge in [0.25, 0.3) is 0 Å². The Bertz CT molecular complexity index is 975. The van der Waals surface area contributed by atoms with Crippen LogP contribution in [0.15, 0.2) is 97.1 Å². The van der Waals surface area contributed by atoms with Crippen molar-refractivity contribution in [1.82, 2.24) is 0 Å². The minimum absolute atomic E-state index is 0.517. The fourth-order valence-electron chi connectivity index (χ4n) is 3.52. The first kappa shape index (κ1) is 18.8. The Morgan fingerprint density at radius 1 is 0.393 bits per heavy atom. The lowest BCUT2D eigenvalue weighted by molar-refractivity contribution is 1.39. The number of halogens is 2. The van der Waals surface area contributed by atoms with E-state index in [-0.39, 0.29) is 0 Å². The summed E-state index contributed by atoms with van der Waals surface area (Å²) in [5.41, 5.74) is 9.46. The van der Waals surface area contributed by atoms with Gasteiger partial charge in [-0.3, -0.25) is 0 Å². The minimum Gasteiger partial charge on any atom is -0.122 e. The summed E-state index contributed by atoms with van der Waals surface area (Å²) < 4.78 is 0. The molecule has 0 unspecified atom stereocenters. The first-order valence-corrected chi connectivity index (χ1v) is 10.4. The van der Waals surface area contributed by atoms with Crippen molar-refractivity contribution in [3.05, 3.63) is 108 Å². The third-order valence-electron chi connectivity index (χ3n) is 5.05. The lowest BCUT2D eigenvalue weighted by Crippen LogP contribution is -1.87. The molecule has 0 aliphatic heterocycles. The molecule has 4 aromatic carbocycles. The van der Waals surface area contributed by atoms with Gasteiger partial charge in [0.2, 0.25) is 0 Å². The highest BCUT2D eigenvalue weighted by Crippen LogP contribution is 2.30. The number of hydrogen-bond acceptors (Lipinski definition) is 0. The van der Waals surface area contributed by atoms with E-state index in [4.69, 9.17) is 23.2 Å².